The molecule has 1 aromatic rings. The summed E-state index contributed by atoms with van der Waals surface area (Å²) in [5.74, 6) is 1.70. The summed E-state index contributed by atoms with van der Waals surface area (Å²) in [6, 6.07) is 3.31. The molecule has 1 aromatic heterocycles. The van der Waals surface area contributed by atoms with Gasteiger partial charge in [-0.25, -0.2) is 5.10 Å². The molecule has 0 spiro atoms. The van der Waals surface area contributed by atoms with Crippen molar-refractivity contribution in [1.29, 1.82) is 0 Å². The van der Waals surface area contributed by atoms with E-state index >= 15 is 0 Å². The van der Waals surface area contributed by atoms with Crippen LogP contribution in [-0.4, -0.2) is 23.3 Å². The molecule has 1 saturated heterocycles. The lowest BCUT2D eigenvalue weighted by Gasteiger charge is -2.30. The fraction of sp³-hybridized carbons (Fsp3) is 0.600. The van der Waals surface area contributed by atoms with Crippen molar-refractivity contribution in [2.45, 2.75) is 19.8 Å². The average Bonchev–Trinajstić information content (AvgIpc) is 2.21. The summed E-state index contributed by atoms with van der Waals surface area (Å²) >= 11 is 0. The first-order valence-corrected chi connectivity index (χ1v) is 5.06. The Balaban J connectivity index is 2.08. The highest BCUT2D eigenvalue weighted by Gasteiger charge is 2.16. The fourth-order valence-corrected chi connectivity index (χ4v) is 1.75. The van der Waals surface area contributed by atoms with Gasteiger partial charge >= 0.3 is 0 Å². The van der Waals surface area contributed by atoms with Crippen molar-refractivity contribution < 1.29 is 0 Å². The van der Waals surface area contributed by atoms with Crippen LogP contribution >= 0.6 is 0 Å². The Morgan fingerprint density at radius 1 is 1.43 bits per heavy atom. The van der Waals surface area contributed by atoms with Crippen LogP contribution in [0.4, 0.5) is 5.82 Å². The molecule has 4 nitrogen and oxygen atoms in total. The maximum atomic E-state index is 10.8. The molecule has 1 fully saturated rings. The van der Waals surface area contributed by atoms with Gasteiger partial charge in [-0.15, -0.1) is 0 Å². The molecule has 0 unspecified atom stereocenters. The van der Waals surface area contributed by atoms with Gasteiger partial charge in [-0.1, -0.05) is 6.92 Å². The summed E-state index contributed by atoms with van der Waals surface area (Å²) in [7, 11) is 0. The zero-order valence-corrected chi connectivity index (χ0v) is 8.36. The predicted molar refractivity (Wildman–Crippen MR) is 55.5 cm³/mol. The Bertz CT molecular complexity index is 332. The van der Waals surface area contributed by atoms with E-state index in [1.165, 1.54) is 18.9 Å². The molecule has 1 aliphatic heterocycles. The van der Waals surface area contributed by atoms with Crippen molar-refractivity contribution in [3.8, 4) is 0 Å². The highest BCUT2D eigenvalue weighted by atomic mass is 16.1. The Kier molecular flexibility index (Phi) is 2.52. The van der Waals surface area contributed by atoms with Crippen LogP contribution < -0.4 is 10.5 Å². The van der Waals surface area contributed by atoms with E-state index in [2.05, 4.69) is 22.0 Å². The van der Waals surface area contributed by atoms with Crippen LogP contribution in [0.2, 0.25) is 0 Å². The molecule has 0 radical (unpaired) electrons. The first-order valence-electron chi connectivity index (χ1n) is 5.06. The molecule has 0 bridgehead atoms. The molecule has 14 heavy (non-hydrogen) atoms. The first kappa shape index (κ1) is 9.24. The van der Waals surface area contributed by atoms with E-state index in [0.717, 1.165) is 24.8 Å². The van der Waals surface area contributed by atoms with E-state index in [9.17, 15) is 4.79 Å². The van der Waals surface area contributed by atoms with Crippen LogP contribution in [0.5, 0.6) is 0 Å². The molecular formula is C10H15N3O. The molecule has 0 saturated carbocycles. The van der Waals surface area contributed by atoms with Crippen molar-refractivity contribution in [2.75, 3.05) is 18.0 Å². The number of aromatic amines is 1. The first-order chi connectivity index (χ1) is 6.75. The van der Waals surface area contributed by atoms with Gasteiger partial charge in [0.05, 0.1) is 0 Å². The number of anilines is 1. The monoisotopic (exact) mass is 193 g/mol. The van der Waals surface area contributed by atoms with Gasteiger partial charge in [0.1, 0.15) is 5.82 Å². The van der Waals surface area contributed by atoms with Crippen LogP contribution in [0, 0.1) is 5.92 Å². The van der Waals surface area contributed by atoms with E-state index < -0.39 is 0 Å². The minimum Gasteiger partial charge on any atom is -0.355 e. The predicted octanol–water partition coefficient (Wildman–Crippen LogP) is 1.01. The Labute approximate surface area is 82.9 Å². The molecule has 76 valence electrons. The van der Waals surface area contributed by atoms with E-state index in [4.69, 9.17) is 0 Å². The molecule has 2 rings (SSSR count). The summed E-state index contributed by atoms with van der Waals surface area (Å²) in [5.41, 5.74) is -0.140. The Morgan fingerprint density at radius 3 is 2.71 bits per heavy atom. The third-order valence-corrected chi connectivity index (χ3v) is 2.77. The van der Waals surface area contributed by atoms with E-state index in [0.29, 0.717) is 0 Å². The van der Waals surface area contributed by atoms with Crippen molar-refractivity contribution in [3.63, 3.8) is 0 Å². The minimum absolute atomic E-state index is 0.140. The van der Waals surface area contributed by atoms with Crippen molar-refractivity contribution in [1.82, 2.24) is 10.2 Å². The zero-order chi connectivity index (χ0) is 9.97. The largest absolute Gasteiger partial charge is 0.355 e. The van der Waals surface area contributed by atoms with Crippen LogP contribution in [-0.2, 0) is 0 Å². The summed E-state index contributed by atoms with van der Waals surface area (Å²) in [5, 5.41) is 6.48. The normalized spacial score (nSPS) is 18.5. The van der Waals surface area contributed by atoms with E-state index in [-0.39, 0.29) is 5.56 Å². The summed E-state index contributed by atoms with van der Waals surface area (Å²) in [4.78, 5) is 13.0. The second kappa shape index (κ2) is 3.82. The second-order valence-corrected chi connectivity index (χ2v) is 3.95. The standard InChI is InChI=1S/C10H15N3O/c1-8-4-6-13(7-5-8)9-2-3-10(14)12-11-9/h2-3,8H,4-7H2,1H3,(H,12,14). The van der Waals surface area contributed by atoms with Gasteiger partial charge in [0.15, 0.2) is 0 Å². The molecule has 1 N–H and O–H groups in total. The molecule has 2 heterocycles. The molecule has 0 atom stereocenters. The lowest BCUT2D eigenvalue weighted by atomic mass is 9.99. The minimum atomic E-state index is -0.140. The van der Waals surface area contributed by atoms with Crippen molar-refractivity contribution in [2.24, 2.45) is 5.92 Å². The number of nitrogens with one attached hydrogen (secondary N) is 1. The highest BCUT2D eigenvalue weighted by molar-refractivity contribution is 5.36. The summed E-state index contributed by atoms with van der Waals surface area (Å²) in [6.07, 6.45) is 2.42. The van der Waals surface area contributed by atoms with Gasteiger partial charge in [0.2, 0.25) is 0 Å². The summed E-state index contributed by atoms with van der Waals surface area (Å²) in [6.45, 7) is 4.36. The van der Waals surface area contributed by atoms with Gasteiger partial charge in [-0.05, 0) is 24.8 Å². The number of hydrogen-bond acceptors (Lipinski definition) is 3. The van der Waals surface area contributed by atoms with Crippen molar-refractivity contribution in [3.05, 3.63) is 22.5 Å². The number of piperidine rings is 1. The van der Waals surface area contributed by atoms with Crippen molar-refractivity contribution >= 4 is 5.82 Å². The van der Waals surface area contributed by atoms with Gasteiger partial charge in [0.25, 0.3) is 5.56 Å². The van der Waals surface area contributed by atoms with Gasteiger partial charge in [-0.3, -0.25) is 4.79 Å². The van der Waals surface area contributed by atoms with Crippen LogP contribution in [0.25, 0.3) is 0 Å². The lowest BCUT2D eigenvalue weighted by Crippen LogP contribution is -2.33. The Morgan fingerprint density at radius 2 is 2.14 bits per heavy atom. The average molecular weight is 193 g/mol. The molecule has 0 amide bonds. The van der Waals surface area contributed by atoms with Crippen LogP contribution in [0.15, 0.2) is 16.9 Å². The molecule has 0 aliphatic carbocycles. The quantitative estimate of drug-likeness (QED) is 0.724. The third kappa shape index (κ3) is 1.95. The number of aromatic nitrogens is 2. The van der Waals surface area contributed by atoms with Gasteiger partial charge < -0.3 is 4.90 Å². The van der Waals surface area contributed by atoms with Gasteiger partial charge in [0, 0.05) is 19.2 Å². The number of nitrogens with zero attached hydrogens (tertiary/aromatic N) is 2. The second-order valence-electron chi connectivity index (χ2n) is 3.95. The number of hydrogen-bond donors (Lipinski definition) is 1. The fourth-order valence-electron chi connectivity index (χ4n) is 1.75. The number of H-pyrrole nitrogens is 1. The van der Waals surface area contributed by atoms with Gasteiger partial charge in [-0.2, -0.15) is 5.10 Å². The SMILES string of the molecule is CC1CCN(c2ccc(=O)[nH]n2)CC1. The maximum Gasteiger partial charge on any atom is 0.264 e. The molecular weight excluding hydrogens is 178 g/mol. The highest BCUT2D eigenvalue weighted by Crippen LogP contribution is 2.19. The lowest BCUT2D eigenvalue weighted by molar-refractivity contribution is 0.436. The van der Waals surface area contributed by atoms with E-state index in [1.807, 2.05) is 0 Å². The third-order valence-electron chi connectivity index (χ3n) is 2.77. The molecule has 4 heteroatoms. The van der Waals surface area contributed by atoms with Crippen LogP contribution in [0.3, 0.4) is 0 Å². The number of rotatable bonds is 1. The van der Waals surface area contributed by atoms with E-state index in [1.54, 1.807) is 6.07 Å². The smallest absolute Gasteiger partial charge is 0.264 e. The molecule has 1 aliphatic rings. The van der Waals surface area contributed by atoms with Crippen LogP contribution in [0.1, 0.15) is 19.8 Å². The maximum absolute atomic E-state index is 10.8. The topological polar surface area (TPSA) is 49.0 Å². The summed E-state index contributed by atoms with van der Waals surface area (Å²) < 4.78 is 0. The molecule has 0 aromatic carbocycles. The Hall–Kier alpha value is -1.32. The zero-order valence-electron chi connectivity index (χ0n) is 8.36.